The Balaban J connectivity index is 2.60. The summed E-state index contributed by atoms with van der Waals surface area (Å²) in [7, 11) is 0. The van der Waals surface area contributed by atoms with Crippen molar-refractivity contribution in [2.75, 3.05) is 0 Å². The number of hydrogen-bond acceptors (Lipinski definition) is 0. The topological polar surface area (TPSA) is 0 Å². The lowest BCUT2D eigenvalue weighted by molar-refractivity contribution is 0.194. The van der Waals surface area contributed by atoms with Crippen molar-refractivity contribution in [3.8, 4) is 0 Å². The van der Waals surface area contributed by atoms with E-state index in [0.717, 1.165) is 17.8 Å². The molecule has 1 saturated carbocycles. The summed E-state index contributed by atoms with van der Waals surface area (Å²) in [5.41, 5.74) is 0.532. The van der Waals surface area contributed by atoms with Crippen LogP contribution in [0.2, 0.25) is 0 Å². The molecule has 3 atom stereocenters. The van der Waals surface area contributed by atoms with Crippen LogP contribution >= 0.6 is 0 Å². The second-order valence-electron chi connectivity index (χ2n) is 5.53. The predicted molar refractivity (Wildman–Crippen MR) is 50.5 cm³/mol. The van der Waals surface area contributed by atoms with Gasteiger partial charge in [0.25, 0.3) is 0 Å². The molecule has 1 rings (SSSR count). The molecule has 0 radical (unpaired) electrons. The first-order chi connectivity index (χ1) is 4.91. The van der Waals surface area contributed by atoms with E-state index in [4.69, 9.17) is 0 Å². The van der Waals surface area contributed by atoms with Gasteiger partial charge in [0.1, 0.15) is 0 Å². The molecular weight excluding hydrogens is 132 g/mol. The fourth-order valence-corrected chi connectivity index (χ4v) is 2.77. The Morgan fingerprint density at radius 3 is 1.73 bits per heavy atom. The van der Waals surface area contributed by atoms with Gasteiger partial charge in [-0.15, -0.1) is 0 Å². The maximum atomic E-state index is 2.42. The third-order valence-corrected chi connectivity index (χ3v) is 3.23. The summed E-state index contributed by atoms with van der Waals surface area (Å²) in [5, 5.41) is 0. The van der Waals surface area contributed by atoms with E-state index in [-0.39, 0.29) is 0 Å². The van der Waals surface area contributed by atoms with Gasteiger partial charge in [-0.2, -0.15) is 0 Å². The first-order valence-corrected chi connectivity index (χ1v) is 4.91. The van der Waals surface area contributed by atoms with Crippen LogP contribution < -0.4 is 0 Å². The SMILES string of the molecule is CC1CC(C)C(C(C)(C)C)C1. The van der Waals surface area contributed by atoms with Crippen molar-refractivity contribution in [2.45, 2.75) is 47.5 Å². The zero-order valence-electron chi connectivity index (χ0n) is 8.65. The Morgan fingerprint density at radius 2 is 1.55 bits per heavy atom. The minimum absolute atomic E-state index is 0.532. The van der Waals surface area contributed by atoms with Crippen molar-refractivity contribution in [1.82, 2.24) is 0 Å². The van der Waals surface area contributed by atoms with Crippen molar-refractivity contribution in [1.29, 1.82) is 0 Å². The molecule has 0 aromatic carbocycles. The highest BCUT2D eigenvalue weighted by Gasteiger charge is 2.36. The molecule has 1 fully saturated rings. The Hall–Kier alpha value is 0. The lowest BCUT2D eigenvalue weighted by Gasteiger charge is -2.30. The van der Waals surface area contributed by atoms with Crippen molar-refractivity contribution >= 4 is 0 Å². The van der Waals surface area contributed by atoms with Crippen LogP contribution in [0.1, 0.15) is 47.5 Å². The molecule has 0 nitrogen and oxygen atoms in total. The van der Waals surface area contributed by atoms with E-state index in [0.29, 0.717) is 5.41 Å². The monoisotopic (exact) mass is 154 g/mol. The molecule has 3 unspecified atom stereocenters. The summed E-state index contributed by atoms with van der Waals surface area (Å²) in [6.07, 6.45) is 2.90. The van der Waals surface area contributed by atoms with Crippen molar-refractivity contribution in [3.63, 3.8) is 0 Å². The van der Waals surface area contributed by atoms with Gasteiger partial charge in [0.2, 0.25) is 0 Å². The largest absolute Gasteiger partial charge is 0.0625 e. The van der Waals surface area contributed by atoms with Gasteiger partial charge >= 0.3 is 0 Å². The predicted octanol–water partition coefficient (Wildman–Crippen LogP) is 3.71. The van der Waals surface area contributed by atoms with Crippen LogP contribution in [0, 0.1) is 23.2 Å². The lowest BCUT2D eigenvalue weighted by Crippen LogP contribution is -2.22. The van der Waals surface area contributed by atoms with Crippen LogP contribution in [0.5, 0.6) is 0 Å². The highest BCUT2D eigenvalue weighted by atomic mass is 14.4. The zero-order chi connectivity index (χ0) is 8.65. The standard InChI is InChI=1S/C11H22/c1-8-6-9(2)10(7-8)11(3,4)5/h8-10H,6-7H2,1-5H3. The molecule has 0 aromatic rings. The van der Waals surface area contributed by atoms with Gasteiger partial charge in [0.05, 0.1) is 0 Å². The highest BCUT2D eigenvalue weighted by Crippen LogP contribution is 2.45. The second kappa shape index (κ2) is 2.80. The van der Waals surface area contributed by atoms with E-state index in [1.165, 1.54) is 12.8 Å². The molecule has 1 aliphatic rings. The summed E-state index contributed by atoms with van der Waals surface area (Å²) in [6.45, 7) is 12.0. The normalized spacial score (nSPS) is 39.5. The quantitative estimate of drug-likeness (QED) is 0.499. The molecule has 0 N–H and O–H groups in total. The molecule has 0 spiro atoms. The smallest absolute Gasteiger partial charge is 0.0337 e. The fraction of sp³-hybridized carbons (Fsp3) is 1.00. The van der Waals surface area contributed by atoms with Gasteiger partial charge in [-0.25, -0.2) is 0 Å². The van der Waals surface area contributed by atoms with E-state index in [9.17, 15) is 0 Å². The highest BCUT2D eigenvalue weighted by molar-refractivity contribution is 4.86. The molecule has 0 aliphatic heterocycles. The Kier molecular flexibility index (Phi) is 2.32. The Bertz CT molecular complexity index is 129. The van der Waals surface area contributed by atoms with E-state index in [1.54, 1.807) is 0 Å². The second-order valence-corrected chi connectivity index (χ2v) is 5.53. The van der Waals surface area contributed by atoms with Crippen LogP contribution in [0.3, 0.4) is 0 Å². The summed E-state index contributed by atoms with van der Waals surface area (Å²) in [5.74, 6) is 2.87. The fourth-order valence-electron chi connectivity index (χ4n) is 2.77. The maximum Gasteiger partial charge on any atom is -0.0337 e. The zero-order valence-corrected chi connectivity index (χ0v) is 8.65. The summed E-state index contributed by atoms with van der Waals surface area (Å²) >= 11 is 0. The third kappa shape index (κ3) is 1.98. The van der Waals surface area contributed by atoms with Gasteiger partial charge in [-0.1, -0.05) is 34.6 Å². The minimum Gasteiger partial charge on any atom is -0.0625 e. The van der Waals surface area contributed by atoms with Gasteiger partial charge in [-0.3, -0.25) is 0 Å². The molecule has 66 valence electrons. The average Bonchev–Trinajstić information content (AvgIpc) is 2.08. The molecule has 0 heteroatoms. The first kappa shape index (κ1) is 9.09. The molecule has 0 saturated heterocycles. The molecule has 0 aromatic heterocycles. The van der Waals surface area contributed by atoms with Gasteiger partial charge in [0.15, 0.2) is 0 Å². The Morgan fingerprint density at radius 1 is 1.00 bits per heavy atom. The van der Waals surface area contributed by atoms with Crippen molar-refractivity contribution in [3.05, 3.63) is 0 Å². The summed E-state index contributed by atoms with van der Waals surface area (Å²) in [6, 6.07) is 0. The van der Waals surface area contributed by atoms with E-state index in [2.05, 4.69) is 34.6 Å². The number of rotatable bonds is 0. The third-order valence-electron chi connectivity index (χ3n) is 3.23. The van der Waals surface area contributed by atoms with Gasteiger partial charge in [0, 0.05) is 0 Å². The van der Waals surface area contributed by atoms with Crippen LogP contribution in [0.15, 0.2) is 0 Å². The molecule has 0 amide bonds. The van der Waals surface area contributed by atoms with Crippen molar-refractivity contribution in [2.24, 2.45) is 23.2 Å². The van der Waals surface area contributed by atoms with E-state index < -0.39 is 0 Å². The van der Waals surface area contributed by atoms with Crippen LogP contribution in [-0.4, -0.2) is 0 Å². The van der Waals surface area contributed by atoms with E-state index >= 15 is 0 Å². The molecule has 0 heterocycles. The Labute approximate surface area is 71.4 Å². The van der Waals surface area contributed by atoms with E-state index in [1.807, 2.05) is 0 Å². The van der Waals surface area contributed by atoms with Crippen LogP contribution in [-0.2, 0) is 0 Å². The van der Waals surface area contributed by atoms with Crippen LogP contribution in [0.4, 0.5) is 0 Å². The number of hydrogen-bond donors (Lipinski definition) is 0. The average molecular weight is 154 g/mol. The summed E-state index contributed by atoms with van der Waals surface area (Å²) < 4.78 is 0. The van der Waals surface area contributed by atoms with Gasteiger partial charge < -0.3 is 0 Å². The van der Waals surface area contributed by atoms with Crippen molar-refractivity contribution < 1.29 is 0 Å². The lowest BCUT2D eigenvalue weighted by atomic mass is 9.75. The van der Waals surface area contributed by atoms with Gasteiger partial charge in [-0.05, 0) is 36.0 Å². The molecular formula is C11H22. The molecule has 11 heavy (non-hydrogen) atoms. The maximum absolute atomic E-state index is 2.42. The summed E-state index contributed by atoms with van der Waals surface area (Å²) in [4.78, 5) is 0. The molecule has 0 bridgehead atoms. The van der Waals surface area contributed by atoms with Crippen LogP contribution in [0.25, 0.3) is 0 Å². The molecule has 1 aliphatic carbocycles. The first-order valence-electron chi connectivity index (χ1n) is 4.91. The minimum atomic E-state index is 0.532.